The molecule has 1 aromatic heterocycles. The number of hydrogen-bond donors (Lipinski definition) is 0. The lowest BCUT2D eigenvalue weighted by molar-refractivity contribution is 0.251. The molecule has 1 aliphatic heterocycles. The van der Waals surface area contributed by atoms with Crippen molar-refractivity contribution in [1.82, 2.24) is 14.9 Å². The molecule has 0 aliphatic carbocycles. The Hall–Kier alpha value is -0.320. The van der Waals surface area contributed by atoms with Crippen LogP contribution >= 0.6 is 23.4 Å². The van der Waals surface area contributed by atoms with Crippen molar-refractivity contribution in [2.24, 2.45) is 0 Å². The van der Waals surface area contributed by atoms with Crippen LogP contribution in [0.1, 0.15) is 12.1 Å². The summed E-state index contributed by atoms with van der Waals surface area (Å²) in [5, 5.41) is 0.456. The van der Waals surface area contributed by atoms with Gasteiger partial charge in [-0.05, 0) is 19.2 Å². The highest BCUT2D eigenvalue weighted by Gasteiger charge is 2.20. The molecule has 0 N–H and O–H groups in total. The van der Waals surface area contributed by atoms with E-state index in [2.05, 4.69) is 21.9 Å². The lowest BCUT2D eigenvalue weighted by Gasteiger charge is -2.22. The lowest BCUT2D eigenvalue weighted by Crippen LogP contribution is -2.31. The third-order valence-corrected chi connectivity index (χ3v) is 3.95. The number of aromatic nitrogens is 2. The number of nitrogens with zero attached hydrogens (tertiary/aromatic N) is 3. The number of thioether (sulfide) groups is 1. The predicted octanol–water partition coefficient (Wildman–Crippen LogP) is 2.07. The maximum absolute atomic E-state index is 5.68. The average molecular weight is 244 g/mol. The lowest BCUT2D eigenvalue weighted by atomic mass is 10.2. The summed E-state index contributed by atoms with van der Waals surface area (Å²) in [6.07, 6.45) is 4.64. The van der Waals surface area contributed by atoms with Crippen LogP contribution in [0.5, 0.6) is 0 Å². The Kier molecular flexibility index (Phi) is 3.83. The zero-order valence-electron chi connectivity index (χ0n) is 8.69. The monoisotopic (exact) mass is 243 g/mol. The van der Waals surface area contributed by atoms with E-state index in [1.54, 1.807) is 12.4 Å². The van der Waals surface area contributed by atoms with Crippen molar-refractivity contribution in [3.05, 3.63) is 23.2 Å². The second-order valence-corrected chi connectivity index (χ2v) is 5.30. The number of halogens is 1. The minimum absolute atomic E-state index is 0.456. The van der Waals surface area contributed by atoms with Crippen LogP contribution in [-0.2, 0) is 6.54 Å². The molecule has 0 amide bonds. The van der Waals surface area contributed by atoms with E-state index in [4.69, 9.17) is 11.6 Å². The maximum Gasteiger partial charge on any atom is 0.147 e. The van der Waals surface area contributed by atoms with Gasteiger partial charge >= 0.3 is 0 Å². The minimum Gasteiger partial charge on any atom is -0.297 e. The molecule has 82 valence electrons. The SMILES string of the molecule is CN(Cc1cnc(Cl)cn1)C1CCSC1. The average Bonchev–Trinajstić information content (AvgIpc) is 2.74. The van der Waals surface area contributed by atoms with E-state index < -0.39 is 0 Å². The molecule has 1 unspecified atom stereocenters. The smallest absolute Gasteiger partial charge is 0.147 e. The first-order valence-corrected chi connectivity index (χ1v) is 6.53. The molecule has 3 nitrogen and oxygen atoms in total. The first-order chi connectivity index (χ1) is 7.25. The second kappa shape index (κ2) is 5.14. The second-order valence-electron chi connectivity index (χ2n) is 3.76. The highest BCUT2D eigenvalue weighted by Crippen LogP contribution is 2.22. The summed E-state index contributed by atoms with van der Waals surface area (Å²) >= 11 is 7.71. The van der Waals surface area contributed by atoms with Crippen molar-refractivity contribution in [3.8, 4) is 0 Å². The molecule has 2 rings (SSSR count). The van der Waals surface area contributed by atoms with Gasteiger partial charge in [0.25, 0.3) is 0 Å². The minimum atomic E-state index is 0.456. The first kappa shape index (κ1) is 11.2. The molecular weight excluding hydrogens is 230 g/mol. The summed E-state index contributed by atoms with van der Waals surface area (Å²) in [7, 11) is 2.15. The highest BCUT2D eigenvalue weighted by atomic mass is 35.5. The topological polar surface area (TPSA) is 29.0 Å². The van der Waals surface area contributed by atoms with Gasteiger partial charge in [0.15, 0.2) is 0 Å². The molecule has 15 heavy (non-hydrogen) atoms. The Morgan fingerprint density at radius 2 is 2.40 bits per heavy atom. The van der Waals surface area contributed by atoms with Crippen LogP contribution in [0.2, 0.25) is 5.15 Å². The van der Waals surface area contributed by atoms with Gasteiger partial charge in [-0.1, -0.05) is 11.6 Å². The zero-order valence-corrected chi connectivity index (χ0v) is 10.3. The quantitative estimate of drug-likeness (QED) is 0.813. The van der Waals surface area contributed by atoms with Gasteiger partial charge in [0, 0.05) is 18.3 Å². The molecule has 0 radical (unpaired) electrons. The zero-order chi connectivity index (χ0) is 10.7. The molecule has 0 aromatic carbocycles. The molecule has 1 atom stereocenters. The van der Waals surface area contributed by atoms with Crippen LogP contribution in [0.15, 0.2) is 12.4 Å². The van der Waals surface area contributed by atoms with E-state index in [1.165, 1.54) is 17.9 Å². The van der Waals surface area contributed by atoms with Crippen molar-refractivity contribution in [3.63, 3.8) is 0 Å². The molecular formula is C10H14ClN3S. The Morgan fingerprint density at radius 3 is 3.00 bits per heavy atom. The molecule has 0 spiro atoms. The van der Waals surface area contributed by atoms with Crippen LogP contribution < -0.4 is 0 Å². The molecule has 0 bridgehead atoms. The summed E-state index contributed by atoms with van der Waals surface area (Å²) in [5.41, 5.74) is 0.985. The van der Waals surface area contributed by atoms with E-state index >= 15 is 0 Å². The first-order valence-electron chi connectivity index (χ1n) is 5.00. The normalized spacial score (nSPS) is 21.1. The molecule has 1 aromatic rings. The Labute approximate surface area is 99.2 Å². The van der Waals surface area contributed by atoms with Gasteiger partial charge in [0.1, 0.15) is 5.15 Å². The maximum atomic E-state index is 5.68. The molecule has 1 aliphatic rings. The third kappa shape index (κ3) is 3.06. The molecule has 1 saturated heterocycles. The number of hydrogen-bond acceptors (Lipinski definition) is 4. The van der Waals surface area contributed by atoms with Crippen molar-refractivity contribution in [2.75, 3.05) is 18.6 Å². The van der Waals surface area contributed by atoms with Crippen LogP contribution in [0.3, 0.4) is 0 Å². The highest BCUT2D eigenvalue weighted by molar-refractivity contribution is 7.99. The van der Waals surface area contributed by atoms with Crippen LogP contribution in [-0.4, -0.2) is 39.5 Å². The Balaban J connectivity index is 1.92. The van der Waals surface area contributed by atoms with Crippen LogP contribution in [0.4, 0.5) is 0 Å². The molecule has 5 heteroatoms. The Bertz CT molecular complexity index is 311. The van der Waals surface area contributed by atoms with E-state index in [0.717, 1.165) is 12.2 Å². The molecule has 1 fully saturated rings. The third-order valence-electron chi connectivity index (χ3n) is 2.61. The van der Waals surface area contributed by atoms with Gasteiger partial charge in [0.2, 0.25) is 0 Å². The van der Waals surface area contributed by atoms with Crippen molar-refractivity contribution in [1.29, 1.82) is 0 Å². The fourth-order valence-corrected chi connectivity index (χ4v) is 3.07. The van der Waals surface area contributed by atoms with E-state index in [0.29, 0.717) is 11.2 Å². The van der Waals surface area contributed by atoms with Crippen molar-refractivity contribution >= 4 is 23.4 Å². The fourth-order valence-electron chi connectivity index (χ4n) is 1.67. The predicted molar refractivity (Wildman–Crippen MR) is 64.2 cm³/mol. The molecule has 2 heterocycles. The summed E-state index contributed by atoms with van der Waals surface area (Å²) in [5.74, 6) is 2.51. The Morgan fingerprint density at radius 1 is 1.53 bits per heavy atom. The summed E-state index contributed by atoms with van der Waals surface area (Å²) in [6, 6.07) is 0.687. The summed E-state index contributed by atoms with van der Waals surface area (Å²) in [6.45, 7) is 0.857. The van der Waals surface area contributed by atoms with Gasteiger partial charge in [0.05, 0.1) is 18.1 Å². The summed E-state index contributed by atoms with van der Waals surface area (Å²) < 4.78 is 0. The largest absolute Gasteiger partial charge is 0.297 e. The van der Waals surface area contributed by atoms with Crippen LogP contribution in [0.25, 0.3) is 0 Å². The standard InChI is InChI=1S/C10H14ClN3S/c1-14(9-2-3-15-7-9)6-8-4-13-10(11)5-12-8/h4-5,9H,2-3,6-7H2,1H3. The van der Waals surface area contributed by atoms with Gasteiger partial charge < -0.3 is 0 Å². The van der Waals surface area contributed by atoms with Gasteiger partial charge in [-0.2, -0.15) is 11.8 Å². The number of rotatable bonds is 3. The van der Waals surface area contributed by atoms with Gasteiger partial charge in [-0.25, -0.2) is 4.98 Å². The molecule has 0 saturated carbocycles. The summed E-state index contributed by atoms with van der Waals surface area (Å²) in [4.78, 5) is 10.6. The van der Waals surface area contributed by atoms with E-state index in [-0.39, 0.29) is 0 Å². The van der Waals surface area contributed by atoms with E-state index in [9.17, 15) is 0 Å². The van der Waals surface area contributed by atoms with Crippen molar-refractivity contribution in [2.45, 2.75) is 19.0 Å². The fraction of sp³-hybridized carbons (Fsp3) is 0.600. The van der Waals surface area contributed by atoms with E-state index in [1.807, 2.05) is 11.8 Å². The van der Waals surface area contributed by atoms with Crippen molar-refractivity contribution < 1.29 is 0 Å². The van der Waals surface area contributed by atoms with Gasteiger partial charge in [-0.15, -0.1) is 0 Å². The van der Waals surface area contributed by atoms with Gasteiger partial charge in [-0.3, -0.25) is 9.88 Å². The van der Waals surface area contributed by atoms with Crippen LogP contribution in [0, 0.1) is 0 Å².